The zero-order valence-electron chi connectivity index (χ0n) is 11.7. The lowest BCUT2D eigenvalue weighted by Crippen LogP contribution is -2.30. The number of likely N-dealkylation sites (N-methyl/N-ethyl adjacent to an activating group) is 1. The maximum absolute atomic E-state index is 12.4. The van der Waals surface area contributed by atoms with E-state index < -0.39 is 0 Å². The highest BCUT2D eigenvalue weighted by Crippen LogP contribution is 2.21. The van der Waals surface area contributed by atoms with E-state index in [0.717, 1.165) is 12.2 Å². The summed E-state index contributed by atoms with van der Waals surface area (Å²) in [4.78, 5) is 14.0. The summed E-state index contributed by atoms with van der Waals surface area (Å²) in [6, 6.07) is 5.30. The first-order valence-electron chi connectivity index (χ1n) is 6.46. The minimum Gasteiger partial charge on any atom is -0.385 e. The van der Waals surface area contributed by atoms with Gasteiger partial charge in [-0.3, -0.25) is 4.79 Å². The summed E-state index contributed by atoms with van der Waals surface area (Å²) in [6.07, 6.45) is 0. The van der Waals surface area contributed by atoms with Crippen LogP contribution < -0.4 is 5.32 Å². The van der Waals surface area contributed by atoms with Gasteiger partial charge in [-0.25, -0.2) is 0 Å². The number of anilines is 1. The predicted octanol–water partition coefficient (Wildman–Crippen LogP) is 2.88. The zero-order valence-corrected chi connectivity index (χ0v) is 12.5. The maximum Gasteiger partial charge on any atom is 0.255 e. The molecule has 1 aromatic carbocycles. The highest BCUT2D eigenvalue weighted by Gasteiger charge is 2.16. The first-order valence-corrected chi connectivity index (χ1v) is 6.84. The number of ether oxygens (including phenoxy) is 1. The van der Waals surface area contributed by atoms with Crippen LogP contribution >= 0.6 is 11.6 Å². The molecule has 0 aliphatic carbocycles. The van der Waals surface area contributed by atoms with Gasteiger partial charge in [-0.2, -0.15) is 0 Å². The summed E-state index contributed by atoms with van der Waals surface area (Å²) in [6.45, 7) is 6.43. The van der Waals surface area contributed by atoms with Crippen molar-refractivity contribution < 1.29 is 9.53 Å². The Hall–Kier alpha value is -1.26. The van der Waals surface area contributed by atoms with Gasteiger partial charge in [-0.15, -0.1) is 0 Å². The quantitative estimate of drug-likeness (QED) is 0.783. The van der Waals surface area contributed by atoms with E-state index in [4.69, 9.17) is 16.3 Å². The number of hydrogen-bond donors (Lipinski definition) is 1. The Bertz CT molecular complexity index is 424. The molecule has 0 heterocycles. The van der Waals surface area contributed by atoms with E-state index >= 15 is 0 Å². The minimum atomic E-state index is -0.0573. The van der Waals surface area contributed by atoms with Crippen molar-refractivity contribution in [1.29, 1.82) is 0 Å². The van der Waals surface area contributed by atoms with Crippen molar-refractivity contribution in [1.82, 2.24) is 4.90 Å². The van der Waals surface area contributed by atoms with Gasteiger partial charge in [0.15, 0.2) is 0 Å². The molecule has 0 bridgehead atoms. The molecule has 0 aliphatic heterocycles. The topological polar surface area (TPSA) is 41.6 Å². The number of hydrogen-bond acceptors (Lipinski definition) is 3. The van der Waals surface area contributed by atoms with Gasteiger partial charge in [0.2, 0.25) is 0 Å². The van der Waals surface area contributed by atoms with Crippen molar-refractivity contribution in [2.45, 2.75) is 13.8 Å². The molecule has 19 heavy (non-hydrogen) atoms. The van der Waals surface area contributed by atoms with Crippen LogP contribution in [0.4, 0.5) is 5.69 Å². The lowest BCUT2D eigenvalue weighted by atomic mass is 10.1. The van der Waals surface area contributed by atoms with E-state index in [1.807, 2.05) is 19.9 Å². The fourth-order valence-electron chi connectivity index (χ4n) is 1.69. The average Bonchev–Trinajstić information content (AvgIpc) is 2.40. The molecule has 106 valence electrons. The smallest absolute Gasteiger partial charge is 0.255 e. The molecule has 0 radical (unpaired) electrons. The molecular weight excluding hydrogens is 264 g/mol. The van der Waals surface area contributed by atoms with Gasteiger partial charge in [-0.1, -0.05) is 11.6 Å². The van der Waals surface area contributed by atoms with Crippen LogP contribution in [0.25, 0.3) is 0 Å². The number of carbonyl (C=O) groups is 1. The van der Waals surface area contributed by atoms with E-state index in [1.165, 1.54) is 0 Å². The third kappa shape index (κ3) is 4.73. The van der Waals surface area contributed by atoms with Gasteiger partial charge in [-0.05, 0) is 32.0 Å². The molecule has 0 fully saturated rings. The molecule has 4 nitrogen and oxygen atoms in total. The first-order chi connectivity index (χ1) is 9.10. The van der Waals surface area contributed by atoms with Crippen LogP contribution in [0, 0.1) is 0 Å². The molecule has 1 rings (SSSR count). The largest absolute Gasteiger partial charge is 0.385 e. The summed E-state index contributed by atoms with van der Waals surface area (Å²) in [5, 5.41) is 3.73. The molecule has 1 amide bonds. The van der Waals surface area contributed by atoms with Crippen LogP contribution in [-0.4, -0.2) is 44.2 Å². The first kappa shape index (κ1) is 15.8. The van der Waals surface area contributed by atoms with Gasteiger partial charge in [0.25, 0.3) is 5.91 Å². The number of rotatable bonds is 7. The lowest BCUT2D eigenvalue weighted by molar-refractivity contribution is 0.0711. The van der Waals surface area contributed by atoms with Gasteiger partial charge >= 0.3 is 0 Å². The molecule has 0 aromatic heterocycles. The molecule has 0 saturated carbocycles. The van der Waals surface area contributed by atoms with Gasteiger partial charge in [0.1, 0.15) is 0 Å². The third-order valence-corrected chi connectivity index (χ3v) is 2.94. The lowest BCUT2D eigenvalue weighted by Gasteiger charge is -2.19. The monoisotopic (exact) mass is 284 g/mol. The summed E-state index contributed by atoms with van der Waals surface area (Å²) in [7, 11) is 1.76. The van der Waals surface area contributed by atoms with Crippen molar-refractivity contribution in [3.05, 3.63) is 28.8 Å². The summed E-state index contributed by atoms with van der Waals surface area (Å²) in [5.74, 6) is -0.0573. The molecule has 1 aromatic rings. The molecule has 0 saturated heterocycles. The Balaban J connectivity index is 2.81. The summed E-state index contributed by atoms with van der Waals surface area (Å²) in [5.41, 5.74) is 1.40. The molecule has 0 unspecified atom stereocenters. The van der Waals surface area contributed by atoms with Crippen molar-refractivity contribution in [2.24, 2.45) is 0 Å². The predicted molar refractivity (Wildman–Crippen MR) is 79.1 cm³/mol. The standard InChI is InChI=1S/C14H21ClN2O2/c1-4-16-13-7-6-11(15)10-12(13)14(18)17(3)8-9-19-5-2/h6-7,10,16H,4-5,8-9H2,1-3H3. The summed E-state index contributed by atoms with van der Waals surface area (Å²) >= 11 is 5.97. The molecule has 0 spiro atoms. The van der Waals surface area contributed by atoms with Crippen LogP contribution in [0.2, 0.25) is 5.02 Å². The number of nitrogens with one attached hydrogen (secondary N) is 1. The SMILES string of the molecule is CCNc1ccc(Cl)cc1C(=O)N(C)CCOCC. The summed E-state index contributed by atoms with van der Waals surface area (Å²) < 4.78 is 5.26. The van der Waals surface area contributed by atoms with Crippen molar-refractivity contribution >= 4 is 23.2 Å². The third-order valence-electron chi connectivity index (χ3n) is 2.70. The van der Waals surface area contributed by atoms with Crippen LogP contribution in [0.15, 0.2) is 18.2 Å². The van der Waals surface area contributed by atoms with E-state index in [1.54, 1.807) is 24.1 Å². The highest BCUT2D eigenvalue weighted by atomic mass is 35.5. The minimum absolute atomic E-state index is 0.0573. The molecule has 1 N–H and O–H groups in total. The second-order valence-corrected chi connectivity index (χ2v) is 4.58. The van der Waals surface area contributed by atoms with Crippen LogP contribution in [0.3, 0.4) is 0 Å². The average molecular weight is 285 g/mol. The van der Waals surface area contributed by atoms with Crippen molar-refractivity contribution in [3.63, 3.8) is 0 Å². The maximum atomic E-state index is 12.4. The Morgan fingerprint density at radius 2 is 2.16 bits per heavy atom. The number of nitrogens with zero attached hydrogens (tertiary/aromatic N) is 1. The Labute approximate surface area is 119 Å². The van der Waals surface area contributed by atoms with E-state index in [0.29, 0.717) is 30.3 Å². The van der Waals surface area contributed by atoms with Crippen molar-refractivity contribution in [2.75, 3.05) is 38.7 Å². The van der Waals surface area contributed by atoms with E-state index in [-0.39, 0.29) is 5.91 Å². The normalized spacial score (nSPS) is 10.3. The second-order valence-electron chi connectivity index (χ2n) is 4.14. The van der Waals surface area contributed by atoms with Gasteiger partial charge in [0.05, 0.1) is 12.2 Å². The Morgan fingerprint density at radius 1 is 1.42 bits per heavy atom. The number of benzene rings is 1. The molecule has 0 aliphatic rings. The number of amides is 1. The van der Waals surface area contributed by atoms with Gasteiger partial charge < -0.3 is 15.0 Å². The molecule has 5 heteroatoms. The number of halogens is 1. The number of carbonyl (C=O) groups excluding carboxylic acids is 1. The van der Waals surface area contributed by atoms with Crippen LogP contribution in [0.1, 0.15) is 24.2 Å². The van der Waals surface area contributed by atoms with Crippen molar-refractivity contribution in [3.8, 4) is 0 Å². The van der Waals surface area contributed by atoms with Gasteiger partial charge in [0, 0.05) is 37.5 Å². The fourth-order valence-corrected chi connectivity index (χ4v) is 1.86. The molecule has 0 atom stereocenters. The molecular formula is C14H21ClN2O2. The second kappa shape index (κ2) is 8.02. The van der Waals surface area contributed by atoms with Crippen LogP contribution in [0.5, 0.6) is 0 Å². The Morgan fingerprint density at radius 3 is 2.79 bits per heavy atom. The van der Waals surface area contributed by atoms with E-state index in [2.05, 4.69) is 5.32 Å². The van der Waals surface area contributed by atoms with E-state index in [9.17, 15) is 4.79 Å². The Kier molecular flexibility index (Phi) is 6.67. The van der Waals surface area contributed by atoms with Crippen LogP contribution in [-0.2, 0) is 4.74 Å². The fraction of sp³-hybridized carbons (Fsp3) is 0.500. The zero-order chi connectivity index (χ0) is 14.3. The highest BCUT2D eigenvalue weighted by molar-refractivity contribution is 6.31.